The first-order valence-electron chi connectivity index (χ1n) is 9.33. The van der Waals surface area contributed by atoms with Crippen LogP contribution in [0.15, 0.2) is 60.7 Å². The fraction of sp³-hybridized carbons (Fsp3) is 0.0870. The molecule has 7 heteroatoms. The minimum atomic E-state index is -0.283. The van der Waals surface area contributed by atoms with Gasteiger partial charge in [-0.15, -0.1) is 0 Å². The van der Waals surface area contributed by atoms with Crippen molar-refractivity contribution >= 4 is 32.6 Å². The fourth-order valence-electron chi connectivity index (χ4n) is 3.41. The third-order valence-electron chi connectivity index (χ3n) is 4.78. The largest absolute Gasteiger partial charge is 0.486 e. The summed E-state index contributed by atoms with van der Waals surface area (Å²) in [5.41, 5.74) is 3.15. The first kappa shape index (κ1) is 18.2. The minimum Gasteiger partial charge on any atom is -0.486 e. The zero-order valence-corrected chi connectivity index (χ0v) is 16.5. The second kappa shape index (κ2) is 7.50. The number of nitrogens with one attached hydrogen (secondary N) is 1. The smallest absolute Gasteiger partial charge is 0.258 e. The number of carbonyl (C=O) groups excluding carboxylic acids is 1. The maximum Gasteiger partial charge on any atom is 0.258 e. The molecule has 6 nitrogen and oxygen atoms in total. The fourth-order valence-corrected chi connectivity index (χ4v) is 4.29. The SMILES string of the molecule is N#Cc1ccccc1-c1ccccc1C(=O)Nc1nc2cc3c(cc2s1)OCCO3. The summed E-state index contributed by atoms with van der Waals surface area (Å²) in [4.78, 5) is 17.6. The van der Waals surface area contributed by atoms with Crippen LogP contribution in [0.25, 0.3) is 21.3 Å². The Morgan fingerprint density at radius 2 is 1.70 bits per heavy atom. The van der Waals surface area contributed by atoms with E-state index in [1.54, 1.807) is 24.3 Å². The van der Waals surface area contributed by atoms with E-state index in [-0.39, 0.29) is 5.91 Å². The maximum atomic E-state index is 13.1. The van der Waals surface area contributed by atoms with Gasteiger partial charge in [0.1, 0.15) is 13.2 Å². The third kappa shape index (κ3) is 3.23. The molecule has 0 unspecified atom stereocenters. The number of amides is 1. The summed E-state index contributed by atoms with van der Waals surface area (Å²) < 4.78 is 12.1. The van der Waals surface area contributed by atoms with Gasteiger partial charge in [-0.2, -0.15) is 5.26 Å². The van der Waals surface area contributed by atoms with Crippen LogP contribution in [0, 0.1) is 11.3 Å². The van der Waals surface area contributed by atoms with Crippen LogP contribution in [0.5, 0.6) is 11.5 Å². The zero-order valence-electron chi connectivity index (χ0n) is 15.7. The molecule has 0 spiro atoms. The van der Waals surface area contributed by atoms with Gasteiger partial charge >= 0.3 is 0 Å². The van der Waals surface area contributed by atoms with Crippen molar-refractivity contribution in [1.82, 2.24) is 4.98 Å². The highest BCUT2D eigenvalue weighted by Crippen LogP contribution is 2.38. The minimum absolute atomic E-state index is 0.283. The van der Waals surface area contributed by atoms with Crippen LogP contribution in [-0.2, 0) is 0 Å². The molecular weight excluding hydrogens is 398 g/mol. The summed E-state index contributed by atoms with van der Waals surface area (Å²) in [7, 11) is 0. The molecule has 30 heavy (non-hydrogen) atoms. The molecule has 0 saturated carbocycles. The first-order chi connectivity index (χ1) is 14.7. The van der Waals surface area contributed by atoms with Gasteiger partial charge in [0.25, 0.3) is 5.91 Å². The number of anilines is 1. The Morgan fingerprint density at radius 1 is 1.00 bits per heavy atom. The van der Waals surface area contributed by atoms with Crippen LogP contribution >= 0.6 is 11.3 Å². The summed E-state index contributed by atoms with van der Waals surface area (Å²) >= 11 is 1.37. The van der Waals surface area contributed by atoms with E-state index in [9.17, 15) is 10.1 Å². The molecule has 1 amide bonds. The predicted octanol–water partition coefficient (Wildman–Crippen LogP) is 4.86. The molecule has 0 radical (unpaired) electrons. The molecule has 146 valence electrons. The molecule has 0 fully saturated rings. The lowest BCUT2D eigenvalue weighted by molar-refractivity contribution is 0.102. The normalized spacial score (nSPS) is 12.4. The van der Waals surface area contributed by atoms with E-state index >= 15 is 0 Å². The monoisotopic (exact) mass is 413 g/mol. The van der Waals surface area contributed by atoms with Crippen molar-refractivity contribution in [3.8, 4) is 28.7 Å². The van der Waals surface area contributed by atoms with Gasteiger partial charge in [-0.05, 0) is 17.7 Å². The molecule has 5 rings (SSSR count). The number of hydrogen-bond donors (Lipinski definition) is 1. The lowest BCUT2D eigenvalue weighted by Crippen LogP contribution is -2.15. The standard InChI is InChI=1S/C23H15N3O3S/c24-13-14-5-1-2-6-15(14)16-7-3-4-8-17(16)22(27)26-23-25-18-11-19-20(12-21(18)30-23)29-10-9-28-19/h1-8,11-12H,9-10H2,(H,25,26,27). The van der Waals surface area contributed by atoms with E-state index in [0.29, 0.717) is 46.5 Å². The van der Waals surface area contributed by atoms with Crippen LogP contribution in [0.1, 0.15) is 15.9 Å². The van der Waals surface area contributed by atoms with Crippen molar-refractivity contribution in [3.05, 3.63) is 71.8 Å². The second-order valence-corrected chi connectivity index (χ2v) is 7.67. The molecule has 1 aliphatic rings. The van der Waals surface area contributed by atoms with Crippen molar-refractivity contribution in [2.75, 3.05) is 18.5 Å². The number of aromatic nitrogens is 1. The van der Waals surface area contributed by atoms with Crippen molar-refractivity contribution in [2.24, 2.45) is 0 Å². The number of fused-ring (bicyclic) bond motifs is 2. The number of carbonyl (C=O) groups is 1. The molecule has 0 aliphatic carbocycles. The molecular formula is C23H15N3O3S. The number of hydrogen-bond acceptors (Lipinski definition) is 6. The summed E-state index contributed by atoms with van der Waals surface area (Å²) in [6, 6.07) is 20.4. The third-order valence-corrected chi connectivity index (χ3v) is 5.72. The van der Waals surface area contributed by atoms with Gasteiger partial charge in [0.15, 0.2) is 16.6 Å². The number of ether oxygens (including phenoxy) is 2. The zero-order chi connectivity index (χ0) is 20.5. The summed E-state index contributed by atoms with van der Waals surface area (Å²) in [5.74, 6) is 1.07. The van der Waals surface area contributed by atoms with Crippen molar-refractivity contribution in [1.29, 1.82) is 5.26 Å². The molecule has 1 aliphatic heterocycles. The number of nitrogens with zero attached hydrogens (tertiary/aromatic N) is 2. The van der Waals surface area contributed by atoms with Gasteiger partial charge in [-0.25, -0.2) is 4.98 Å². The Labute approximate surface area is 176 Å². The molecule has 0 atom stereocenters. The van der Waals surface area contributed by atoms with Crippen LogP contribution < -0.4 is 14.8 Å². The van der Waals surface area contributed by atoms with Gasteiger partial charge in [-0.1, -0.05) is 47.7 Å². The molecule has 2 heterocycles. The molecule has 1 aromatic heterocycles. The molecule has 3 aromatic carbocycles. The van der Waals surface area contributed by atoms with Gasteiger partial charge in [0.05, 0.1) is 21.8 Å². The van der Waals surface area contributed by atoms with Crippen LogP contribution in [0.2, 0.25) is 0 Å². The van der Waals surface area contributed by atoms with E-state index < -0.39 is 0 Å². The van der Waals surface area contributed by atoms with Gasteiger partial charge < -0.3 is 9.47 Å². The molecule has 0 saturated heterocycles. The van der Waals surface area contributed by atoms with Crippen molar-refractivity contribution in [3.63, 3.8) is 0 Å². The van der Waals surface area contributed by atoms with Gasteiger partial charge in [-0.3, -0.25) is 10.1 Å². The summed E-state index contributed by atoms with van der Waals surface area (Å²) in [6.45, 7) is 1.02. The Bertz CT molecular complexity index is 1280. The first-order valence-corrected chi connectivity index (χ1v) is 10.1. The van der Waals surface area contributed by atoms with E-state index in [1.165, 1.54) is 11.3 Å². The number of benzene rings is 3. The lowest BCUT2D eigenvalue weighted by atomic mass is 9.95. The highest BCUT2D eigenvalue weighted by Gasteiger charge is 2.18. The van der Waals surface area contributed by atoms with E-state index in [4.69, 9.17) is 9.47 Å². The van der Waals surface area contributed by atoms with E-state index in [2.05, 4.69) is 16.4 Å². The van der Waals surface area contributed by atoms with Crippen molar-refractivity contribution < 1.29 is 14.3 Å². The number of rotatable bonds is 3. The second-order valence-electron chi connectivity index (χ2n) is 6.64. The van der Waals surface area contributed by atoms with Crippen LogP contribution in [-0.4, -0.2) is 24.1 Å². The predicted molar refractivity (Wildman–Crippen MR) is 115 cm³/mol. The highest BCUT2D eigenvalue weighted by atomic mass is 32.1. The summed E-state index contributed by atoms with van der Waals surface area (Å²) in [6.07, 6.45) is 0. The Morgan fingerprint density at radius 3 is 2.50 bits per heavy atom. The maximum absolute atomic E-state index is 13.1. The van der Waals surface area contributed by atoms with Crippen LogP contribution in [0.4, 0.5) is 5.13 Å². The quantitative estimate of drug-likeness (QED) is 0.519. The van der Waals surface area contributed by atoms with Gasteiger partial charge in [0.2, 0.25) is 0 Å². The van der Waals surface area contributed by atoms with Gasteiger partial charge in [0, 0.05) is 23.3 Å². The number of thiazole rings is 1. The van der Waals surface area contributed by atoms with E-state index in [0.717, 1.165) is 15.8 Å². The molecule has 0 bridgehead atoms. The van der Waals surface area contributed by atoms with E-state index in [1.807, 2.05) is 36.4 Å². The van der Waals surface area contributed by atoms with Crippen molar-refractivity contribution in [2.45, 2.75) is 0 Å². The average Bonchev–Trinajstić information content (AvgIpc) is 3.18. The lowest BCUT2D eigenvalue weighted by Gasteiger charge is -2.17. The average molecular weight is 413 g/mol. The Hall–Kier alpha value is -3.89. The number of nitriles is 1. The molecule has 1 N–H and O–H groups in total. The van der Waals surface area contributed by atoms with Crippen LogP contribution in [0.3, 0.4) is 0 Å². The topological polar surface area (TPSA) is 84.2 Å². The summed E-state index contributed by atoms with van der Waals surface area (Å²) in [5, 5.41) is 12.8. The highest BCUT2D eigenvalue weighted by molar-refractivity contribution is 7.22. The Kier molecular flexibility index (Phi) is 4.54. The Balaban J connectivity index is 1.49. The molecule has 4 aromatic rings.